The molecule has 5 nitrogen and oxygen atoms in total. The lowest BCUT2D eigenvalue weighted by atomic mass is 10.0. The number of anilines is 1. The van der Waals surface area contributed by atoms with Crippen molar-refractivity contribution in [2.45, 2.75) is 25.8 Å². The molecule has 1 amide bonds. The van der Waals surface area contributed by atoms with Crippen LogP contribution in [0.15, 0.2) is 39.5 Å². The molecule has 0 saturated carbocycles. The molecule has 1 unspecified atom stereocenters. The lowest BCUT2D eigenvalue weighted by Crippen LogP contribution is -3.08. The van der Waals surface area contributed by atoms with Gasteiger partial charge in [0.25, 0.3) is 5.91 Å². The molecular weight excluding hydrogens is 397 g/mol. The molecule has 0 saturated heterocycles. The predicted octanol–water partition coefficient (Wildman–Crippen LogP) is 2.35. The van der Waals surface area contributed by atoms with Crippen LogP contribution in [0.4, 0.5) is 18.9 Å². The summed E-state index contributed by atoms with van der Waals surface area (Å²) in [6, 6.07) is 7.09. The second kappa shape index (κ2) is 7.95. The van der Waals surface area contributed by atoms with Gasteiger partial charge in [0, 0.05) is 17.0 Å². The van der Waals surface area contributed by atoms with E-state index in [0.29, 0.717) is 12.1 Å². The number of nitrogens with one attached hydrogen (secondary N) is 2. The Labute approximate surface area is 170 Å². The zero-order valence-electron chi connectivity index (χ0n) is 16.3. The van der Waals surface area contributed by atoms with E-state index < -0.39 is 34.7 Å². The molecule has 2 N–H and O–H groups in total. The molecule has 4 rings (SSSR count). The minimum atomic E-state index is -1.64. The number of amides is 1. The summed E-state index contributed by atoms with van der Waals surface area (Å²) >= 11 is 0. The minimum Gasteiger partial charge on any atom is -0.423 e. The van der Waals surface area contributed by atoms with Crippen LogP contribution in [0.1, 0.15) is 23.1 Å². The van der Waals surface area contributed by atoms with Crippen LogP contribution in [-0.4, -0.2) is 19.5 Å². The molecule has 1 heterocycles. The Bertz CT molecular complexity index is 1210. The van der Waals surface area contributed by atoms with Gasteiger partial charge in [-0.15, -0.1) is 0 Å². The van der Waals surface area contributed by atoms with Gasteiger partial charge >= 0.3 is 5.63 Å². The molecule has 0 aliphatic heterocycles. The molecule has 3 aromatic rings. The van der Waals surface area contributed by atoms with Crippen molar-refractivity contribution >= 4 is 22.6 Å². The summed E-state index contributed by atoms with van der Waals surface area (Å²) in [6.45, 7) is 0.291. The summed E-state index contributed by atoms with van der Waals surface area (Å²) in [5, 5.41) is 3.09. The molecule has 0 bridgehead atoms. The fraction of sp³-hybridized carbons (Fsp3) is 0.273. The topological polar surface area (TPSA) is 63.8 Å². The van der Waals surface area contributed by atoms with Crippen molar-refractivity contribution in [3.05, 3.63) is 74.9 Å². The number of rotatable bonds is 5. The molecule has 0 radical (unpaired) electrons. The number of likely N-dealkylation sites (N-methyl/N-ethyl adjacent to an activating group) is 1. The first-order valence-corrected chi connectivity index (χ1v) is 9.65. The maximum Gasteiger partial charge on any atom is 0.336 e. The highest BCUT2D eigenvalue weighted by Crippen LogP contribution is 2.28. The number of benzene rings is 2. The van der Waals surface area contributed by atoms with Crippen LogP contribution < -0.4 is 15.8 Å². The van der Waals surface area contributed by atoms with E-state index in [1.54, 1.807) is 7.05 Å². The third-order valence-electron chi connectivity index (χ3n) is 5.31. The largest absolute Gasteiger partial charge is 0.423 e. The lowest BCUT2D eigenvalue weighted by Gasteiger charge is -2.15. The molecule has 0 fully saturated rings. The van der Waals surface area contributed by atoms with E-state index in [0.717, 1.165) is 47.2 Å². The first kappa shape index (κ1) is 20.2. The van der Waals surface area contributed by atoms with Gasteiger partial charge in [0.15, 0.2) is 24.0 Å². The molecule has 0 spiro atoms. The number of hydrogen-bond donors (Lipinski definition) is 2. The molecule has 1 aliphatic rings. The van der Waals surface area contributed by atoms with Crippen molar-refractivity contribution in [2.24, 2.45) is 0 Å². The van der Waals surface area contributed by atoms with Gasteiger partial charge < -0.3 is 14.6 Å². The summed E-state index contributed by atoms with van der Waals surface area (Å²) in [5.41, 5.74) is 2.82. The first-order chi connectivity index (χ1) is 14.3. The fourth-order valence-corrected chi connectivity index (χ4v) is 3.92. The zero-order valence-corrected chi connectivity index (χ0v) is 16.3. The van der Waals surface area contributed by atoms with Crippen molar-refractivity contribution in [3.8, 4) is 0 Å². The van der Waals surface area contributed by atoms with Gasteiger partial charge in [-0.3, -0.25) is 4.79 Å². The van der Waals surface area contributed by atoms with Crippen LogP contribution in [0.25, 0.3) is 11.0 Å². The van der Waals surface area contributed by atoms with Gasteiger partial charge in [-0.05, 0) is 54.7 Å². The normalized spacial score (nSPS) is 14.0. The fourth-order valence-electron chi connectivity index (χ4n) is 3.92. The Morgan fingerprint density at radius 2 is 1.83 bits per heavy atom. The van der Waals surface area contributed by atoms with E-state index in [9.17, 15) is 22.8 Å². The summed E-state index contributed by atoms with van der Waals surface area (Å²) in [4.78, 5) is 25.0. The number of halogens is 3. The quantitative estimate of drug-likeness (QED) is 0.495. The lowest BCUT2D eigenvalue weighted by molar-refractivity contribution is -0.885. The van der Waals surface area contributed by atoms with Gasteiger partial charge in [-0.2, -0.15) is 0 Å². The van der Waals surface area contributed by atoms with E-state index in [1.165, 1.54) is 17.2 Å². The molecule has 8 heteroatoms. The van der Waals surface area contributed by atoms with Gasteiger partial charge in [0.1, 0.15) is 12.1 Å². The van der Waals surface area contributed by atoms with Gasteiger partial charge in [-0.1, -0.05) is 0 Å². The van der Waals surface area contributed by atoms with Crippen LogP contribution in [0.2, 0.25) is 0 Å². The average molecular weight is 417 g/mol. The number of hydrogen-bond acceptors (Lipinski definition) is 3. The summed E-state index contributed by atoms with van der Waals surface area (Å²) < 4.78 is 45.5. The molecule has 1 aromatic heterocycles. The third-order valence-corrected chi connectivity index (χ3v) is 5.31. The Balaban J connectivity index is 1.51. The Hall–Kier alpha value is -3.13. The molecular formula is C22H20F3N2O3+. The van der Waals surface area contributed by atoms with Crippen molar-refractivity contribution in [1.29, 1.82) is 0 Å². The summed E-state index contributed by atoms with van der Waals surface area (Å²) in [7, 11) is 1.75. The van der Waals surface area contributed by atoms with Crippen LogP contribution in [0.5, 0.6) is 0 Å². The maximum absolute atomic E-state index is 13.8. The third kappa shape index (κ3) is 3.95. The maximum atomic E-state index is 13.8. The van der Waals surface area contributed by atoms with Gasteiger partial charge in [0.2, 0.25) is 0 Å². The molecule has 1 atom stereocenters. The second-order valence-corrected chi connectivity index (χ2v) is 7.64. The van der Waals surface area contributed by atoms with E-state index in [1.807, 2.05) is 12.1 Å². The number of aryl methyl sites for hydroxylation is 2. The second-order valence-electron chi connectivity index (χ2n) is 7.64. The van der Waals surface area contributed by atoms with Crippen LogP contribution in [0, 0.1) is 17.5 Å². The van der Waals surface area contributed by atoms with Gasteiger partial charge in [-0.25, -0.2) is 18.0 Å². The summed E-state index contributed by atoms with van der Waals surface area (Å²) in [5.74, 6) is -4.97. The smallest absolute Gasteiger partial charge is 0.336 e. The van der Waals surface area contributed by atoms with Crippen molar-refractivity contribution < 1.29 is 27.3 Å². The van der Waals surface area contributed by atoms with Crippen LogP contribution in [0.3, 0.4) is 0 Å². The Morgan fingerprint density at radius 3 is 2.60 bits per heavy atom. The number of quaternary nitrogens is 1. The SMILES string of the molecule is C[NH+](CC(=O)Nc1ccc(F)c(F)c1F)Cc1cc(=O)oc2cc3c(cc12)CCC3. The number of carbonyl (C=O) groups is 1. The standard InChI is InChI=1S/C22H19F3N2O3/c1-27(11-19(28)26-17-6-5-16(23)21(24)22(17)25)10-14-9-20(29)30-18-8-13-4-2-3-12(13)7-15(14)18/h5-9H,2-4,10-11H2,1H3,(H,26,28)/p+1. The zero-order chi connectivity index (χ0) is 21.4. The van der Waals surface area contributed by atoms with Crippen molar-refractivity contribution in [3.63, 3.8) is 0 Å². The predicted molar refractivity (Wildman–Crippen MR) is 105 cm³/mol. The monoisotopic (exact) mass is 417 g/mol. The first-order valence-electron chi connectivity index (χ1n) is 9.65. The van der Waals surface area contributed by atoms with E-state index in [-0.39, 0.29) is 6.54 Å². The number of carbonyl (C=O) groups excluding carboxylic acids is 1. The highest BCUT2D eigenvalue weighted by Gasteiger charge is 2.20. The molecule has 30 heavy (non-hydrogen) atoms. The summed E-state index contributed by atoms with van der Waals surface area (Å²) in [6.07, 6.45) is 3.01. The minimum absolute atomic E-state index is 0.0644. The highest BCUT2D eigenvalue weighted by molar-refractivity contribution is 5.91. The van der Waals surface area contributed by atoms with E-state index in [4.69, 9.17) is 4.42 Å². The molecule has 2 aromatic carbocycles. The Kier molecular flexibility index (Phi) is 5.34. The van der Waals surface area contributed by atoms with E-state index in [2.05, 4.69) is 5.32 Å². The van der Waals surface area contributed by atoms with Crippen molar-refractivity contribution in [2.75, 3.05) is 18.9 Å². The van der Waals surface area contributed by atoms with Crippen molar-refractivity contribution in [1.82, 2.24) is 0 Å². The average Bonchev–Trinajstić information content (AvgIpc) is 3.14. The highest BCUT2D eigenvalue weighted by atomic mass is 19.2. The van der Waals surface area contributed by atoms with Crippen LogP contribution >= 0.6 is 0 Å². The van der Waals surface area contributed by atoms with E-state index >= 15 is 0 Å². The van der Waals surface area contributed by atoms with Crippen LogP contribution in [-0.2, 0) is 24.2 Å². The molecule has 156 valence electrons. The molecule has 1 aliphatic carbocycles. The number of fused-ring (bicyclic) bond motifs is 2. The van der Waals surface area contributed by atoms with Gasteiger partial charge in [0.05, 0.1) is 12.7 Å². The Morgan fingerprint density at radius 1 is 1.10 bits per heavy atom.